The van der Waals surface area contributed by atoms with Gasteiger partial charge in [-0.2, -0.15) is 18.3 Å². The second kappa shape index (κ2) is 8.58. The van der Waals surface area contributed by atoms with E-state index in [1.165, 1.54) is 19.0 Å². The number of halogens is 3. The van der Waals surface area contributed by atoms with Crippen molar-refractivity contribution in [2.24, 2.45) is 22.9 Å². The fourth-order valence-electron chi connectivity index (χ4n) is 5.33. The molecule has 1 aromatic heterocycles. The summed E-state index contributed by atoms with van der Waals surface area (Å²) in [6, 6.07) is 1.83. The van der Waals surface area contributed by atoms with E-state index in [4.69, 9.17) is 15.6 Å². The van der Waals surface area contributed by atoms with E-state index in [1.807, 2.05) is 5.01 Å². The average molecular weight is 440 g/mol. The molecule has 172 valence electrons. The third kappa shape index (κ3) is 4.67. The molecule has 2 saturated carbocycles. The van der Waals surface area contributed by atoms with Gasteiger partial charge in [-0.1, -0.05) is 0 Å². The SMILES string of the molecule is C/C(=N\N(C[C@@H]1[C@H]2CCC(N3CCOCC3)[C@H]21)C(C)C)c1cnc(N)c(C(F)(F)F)c1. The fourth-order valence-corrected chi connectivity index (χ4v) is 5.33. The van der Waals surface area contributed by atoms with E-state index in [-0.39, 0.29) is 6.04 Å². The molecule has 0 amide bonds. The quantitative estimate of drug-likeness (QED) is 0.543. The van der Waals surface area contributed by atoms with Crippen molar-refractivity contribution in [3.05, 3.63) is 23.4 Å². The molecule has 0 radical (unpaired) electrons. The molecule has 0 spiro atoms. The van der Waals surface area contributed by atoms with Crippen LogP contribution in [0.3, 0.4) is 0 Å². The molecular formula is C22H32F3N5O. The summed E-state index contributed by atoms with van der Waals surface area (Å²) in [4.78, 5) is 6.33. The van der Waals surface area contributed by atoms with Gasteiger partial charge in [0.05, 0.1) is 24.5 Å². The standard InChI is InChI=1S/C22H32F3N5O/c1-13(2)30(28-14(3)15-10-18(22(23,24)25)21(26)27-11-15)12-17-16-4-5-19(20(16)17)29-6-8-31-9-7-29/h10-11,13,16-17,19-20H,4-9,12H2,1-3H3,(H2,26,27)/b28-14+/t16-,17-,19?,20-/m1/s1. The van der Waals surface area contributed by atoms with Gasteiger partial charge in [-0.05, 0) is 57.4 Å². The van der Waals surface area contributed by atoms with Crippen LogP contribution in [0.25, 0.3) is 0 Å². The molecule has 2 heterocycles. The number of ether oxygens (including phenoxy) is 1. The molecule has 0 bridgehead atoms. The highest BCUT2D eigenvalue weighted by atomic mass is 19.4. The molecule has 1 saturated heterocycles. The molecule has 1 unspecified atom stereocenters. The van der Waals surface area contributed by atoms with Crippen LogP contribution < -0.4 is 5.73 Å². The van der Waals surface area contributed by atoms with E-state index in [9.17, 15) is 13.2 Å². The Balaban J connectivity index is 1.46. The Morgan fingerprint density at radius 3 is 2.68 bits per heavy atom. The lowest BCUT2D eigenvalue weighted by atomic mass is 10.0. The third-order valence-electron chi connectivity index (χ3n) is 7.07. The Morgan fingerprint density at radius 2 is 2.03 bits per heavy atom. The number of rotatable bonds is 6. The smallest absolute Gasteiger partial charge is 0.383 e. The van der Waals surface area contributed by atoms with Crippen LogP contribution in [0.4, 0.5) is 19.0 Å². The number of nitrogen functional groups attached to an aromatic ring is 1. The van der Waals surface area contributed by atoms with Gasteiger partial charge in [0.15, 0.2) is 0 Å². The van der Waals surface area contributed by atoms with Gasteiger partial charge in [0.2, 0.25) is 0 Å². The first kappa shape index (κ1) is 22.3. The molecule has 4 rings (SSSR count). The summed E-state index contributed by atoms with van der Waals surface area (Å²) in [6.07, 6.45) is -0.663. The van der Waals surface area contributed by atoms with Crippen LogP contribution in [0.15, 0.2) is 17.4 Å². The van der Waals surface area contributed by atoms with Crippen LogP contribution in [0.2, 0.25) is 0 Å². The normalized spacial score (nSPS) is 29.3. The van der Waals surface area contributed by atoms with Crippen molar-refractivity contribution in [3.63, 3.8) is 0 Å². The van der Waals surface area contributed by atoms with Gasteiger partial charge in [0.25, 0.3) is 0 Å². The first-order chi connectivity index (χ1) is 14.7. The number of nitrogens with two attached hydrogens (primary N) is 1. The Morgan fingerprint density at radius 1 is 1.32 bits per heavy atom. The highest BCUT2D eigenvalue weighted by Crippen LogP contribution is 2.59. The largest absolute Gasteiger partial charge is 0.419 e. The van der Waals surface area contributed by atoms with Crippen molar-refractivity contribution in [2.45, 2.75) is 51.9 Å². The monoisotopic (exact) mass is 439 g/mol. The molecular weight excluding hydrogens is 407 g/mol. The Labute approximate surface area is 181 Å². The zero-order valence-electron chi connectivity index (χ0n) is 18.4. The van der Waals surface area contributed by atoms with Crippen molar-refractivity contribution in [3.8, 4) is 0 Å². The molecule has 0 aromatic carbocycles. The third-order valence-corrected chi connectivity index (χ3v) is 7.07. The van der Waals surface area contributed by atoms with Gasteiger partial charge < -0.3 is 10.5 Å². The van der Waals surface area contributed by atoms with Gasteiger partial charge in [-0.3, -0.25) is 9.91 Å². The number of anilines is 1. The number of hydrazone groups is 1. The van der Waals surface area contributed by atoms with Crippen LogP contribution >= 0.6 is 0 Å². The molecule has 1 aliphatic heterocycles. The summed E-state index contributed by atoms with van der Waals surface area (Å²) in [5.74, 6) is 1.52. The van der Waals surface area contributed by atoms with Crippen LogP contribution in [0, 0.1) is 17.8 Å². The second-order valence-corrected chi connectivity index (χ2v) is 9.25. The number of hydrogen-bond acceptors (Lipinski definition) is 6. The lowest BCUT2D eigenvalue weighted by molar-refractivity contribution is -0.137. The minimum Gasteiger partial charge on any atom is -0.383 e. The summed E-state index contributed by atoms with van der Waals surface area (Å²) in [5.41, 5.74) is 5.37. The Kier molecular flexibility index (Phi) is 6.18. The van der Waals surface area contributed by atoms with Crippen molar-refractivity contribution >= 4 is 11.5 Å². The summed E-state index contributed by atoms with van der Waals surface area (Å²) < 4.78 is 45.1. The lowest BCUT2D eigenvalue weighted by Crippen LogP contribution is -2.44. The van der Waals surface area contributed by atoms with Crippen molar-refractivity contribution < 1.29 is 17.9 Å². The summed E-state index contributed by atoms with van der Waals surface area (Å²) in [7, 11) is 0. The zero-order valence-corrected chi connectivity index (χ0v) is 18.4. The fraction of sp³-hybridized carbons (Fsp3) is 0.727. The van der Waals surface area contributed by atoms with E-state index in [1.54, 1.807) is 6.92 Å². The molecule has 4 atom stereocenters. The number of hydrogen-bond donors (Lipinski definition) is 1. The van der Waals surface area contributed by atoms with Crippen LogP contribution in [0.1, 0.15) is 44.7 Å². The van der Waals surface area contributed by atoms with E-state index >= 15 is 0 Å². The summed E-state index contributed by atoms with van der Waals surface area (Å²) in [5, 5.41) is 6.74. The molecule has 2 N–H and O–H groups in total. The highest BCUT2D eigenvalue weighted by Gasteiger charge is 2.59. The molecule has 3 aliphatic rings. The number of nitrogens with zero attached hydrogens (tertiary/aromatic N) is 4. The Bertz CT molecular complexity index is 822. The van der Waals surface area contributed by atoms with Crippen LogP contribution in [0.5, 0.6) is 0 Å². The predicted molar refractivity (Wildman–Crippen MR) is 114 cm³/mol. The Hall–Kier alpha value is -1.87. The molecule has 3 fully saturated rings. The molecule has 6 nitrogen and oxygen atoms in total. The molecule has 2 aliphatic carbocycles. The summed E-state index contributed by atoms with van der Waals surface area (Å²) >= 11 is 0. The highest BCUT2D eigenvalue weighted by molar-refractivity contribution is 5.98. The van der Waals surface area contributed by atoms with Crippen LogP contribution in [-0.2, 0) is 10.9 Å². The van der Waals surface area contributed by atoms with Gasteiger partial charge in [-0.25, -0.2) is 4.98 Å². The molecule has 1 aromatic rings. The van der Waals surface area contributed by atoms with Crippen molar-refractivity contribution in [1.29, 1.82) is 0 Å². The van der Waals surface area contributed by atoms with Gasteiger partial charge in [0.1, 0.15) is 5.82 Å². The molecule has 9 heteroatoms. The van der Waals surface area contributed by atoms with E-state index in [0.29, 0.717) is 29.2 Å². The zero-order chi connectivity index (χ0) is 22.3. The number of fused-ring (bicyclic) bond motifs is 1. The van der Waals surface area contributed by atoms with E-state index < -0.39 is 17.6 Å². The number of aromatic nitrogens is 1. The second-order valence-electron chi connectivity index (χ2n) is 9.25. The first-order valence-electron chi connectivity index (χ1n) is 11.1. The van der Waals surface area contributed by atoms with Gasteiger partial charge >= 0.3 is 6.18 Å². The van der Waals surface area contributed by atoms with Crippen molar-refractivity contribution in [2.75, 3.05) is 38.6 Å². The number of pyridine rings is 1. The maximum absolute atomic E-state index is 13.2. The molecule has 31 heavy (non-hydrogen) atoms. The maximum atomic E-state index is 13.2. The number of alkyl halides is 3. The predicted octanol–water partition coefficient (Wildman–Crippen LogP) is 3.47. The van der Waals surface area contributed by atoms with E-state index in [2.05, 4.69) is 23.7 Å². The average Bonchev–Trinajstić information content (AvgIpc) is 3.20. The number of morpholine rings is 1. The topological polar surface area (TPSA) is 67.0 Å². The minimum absolute atomic E-state index is 0.155. The minimum atomic E-state index is -4.54. The maximum Gasteiger partial charge on any atom is 0.419 e. The van der Waals surface area contributed by atoms with E-state index in [0.717, 1.165) is 44.8 Å². The lowest BCUT2D eigenvalue weighted by Gasteiger charge is -2.34. The first-order valence-corrected chi connectivity index (χ1v) is 11.1. The van der Waals surface area contributed by atoms with Crippen LogP contribution in [-0.4, -0.2) is 65.5 Å². The van der Waals surface area contributed by atoms with Gasteiger partial charge in [0, 0.05) is 43.5 Å². The summed E-state index contributed by atoms with van der Waals surface area (Å²) in [6.45, 7) is 10.3. The van der Waals surface area contributed by atoms with Crippen molar-refractivity contribution in [1.82, 2.24) is 14.9 Å². The van der Waals surface area contributed by atoms with Gasteiger partial charge in [-0.15, -0.1) is 0 Å².